The van der Waals surface area contributed by atoms with Gasteiger partial charge in [-0.3, -0.25) is 14.8 Å². The molecule has 0 aromatic carbocycles. The molecular formula is C12H17N3O. The molecule has 86 valence electrons. The summed E-state index contributed by atoms with van der Waals surface area (Å²) in [6.07, 6.45) is 8.43. The number of amides is 1. The van der Waals surface area contributed by atoms with Gasteiger partial charge < -0.3 is 4.90 Å². The molecule has 1 aromatic rings. The van der Waals surface area contributed by atoms with E-state index in [4.69, 9.17) is 0 Å². The van der Waals surface area contributed by atoms with Gasteiger partial charge in [0.2, 0.25) is 5.91 Å². The first kappa shape index (κ1) is 11.0. The number of carbonyl (C=O) groups excluding carboxylic acids is 1. The van der Waals surface area contributed by atoms with E-state index in [1.165, 1.54) is 6.42 Å². The number of piperidine rings is 1. The fraction of sp³-hybridized carbons (Fsp3) is 0.583. The Bertz CT molecular complexity index is 353. The highest BCUT2D eigenvalue weighted by Crippen LogP contribution is 2.19. The Morgan fingerprint density at radius 1 is 1.56 bits per heavy atom. The number of hydrogen-bond donors (Lipinski definition) is 0. The second kappa shape index (κ2) is 5.05. The Labute approximate surface area is 95.7 Å². The smallest absolute Gasteiger partial charge is 0.219 e. The monoisotopic (exact) mass is 219 g/mol. The molecule has 0 bridgehead atoms. The summed E-state index contributed by atoms with van der Waals surface area (Å²) in [7, 11) is 0. The summed E-state index contributed by atoms with van der Waals surface area (Å²) in [6, 6.07) is 0. The van der Waals surface area contributed by atoms with Gasteiger partial charge in [-0.25, -0.2) is 0 Å². The average Bonchev–Trinajstić information content (AvgIpc) is 2.30. The van der Waals surface area contributed by atoms with Gasteiger partial charge in [-0.1, -0.05) is 0 Å². The quantitative estimate of drug-likeness (QED) is 0.752. The molecule has 2 rings (SSSR count). The summed E-state index contributed by atoms with van der Waals surface area (Å²) >= 11 is 0. The zero-order chi connectivity index (χ0) is 11.4. The van der Waals surface area contributed by atoms with Crippen molar-refractivity contribution in [2.24, 2.45) is 5.92 Å². The largest absolute Gasteiger partial charge is 0.343 e. The van der Waals surface area contributed by atoms with Crippen LogP contribution in [0, 0.1) is 5.92 Å². The van der Waals surface area contributed by atoms with Gasteiger partial charge in [0.15, 0.2) is 0 Å². The van der Waals surface area contributed by atoms with Crippen molar-refractivity contribution in [1.82, 2.24) is 14.9 Å². The van der Waals surface area contributed by atoms with Crippen molar-refractivity contribution in [3.05, 3.63) is 24.3 Å². The second-order valence-corrected chi connectivity index (χ2v) is 4.37. The maximum absolute atomic E-state index is 11.3. The van der Waals surface area contributed by atoms with E-state index in [-0.39, 0.29) is 5.91 Å². The summed E-state index contributed by atoms with van der Waals surface area (Å²) in [5.74, 6) is 0.721. The van der Waals surface area contributed by atoms with Crippen LogP contribution in [0.4, 0.5) is 0 Å². The lowest BCUT2D eigenvalue weighted by molar-refractivity contribution is -0.130. The highest BCUT2D eigenvalue weighted by molar-refractivity contribution is 5.73. The van der Waals surface area contributed by atoms with Gasteiger partial charge in [0, 0.05) is 38.6 Å². The molecule has 1 aliphatic heterocycles. The van der Waals surface area contributed by atoms with E-state index in [1.54, 1.807) is 19.3 Å². The molecule has 0 spiro atoms. The lowest BCUT2D eigenvalue weighted by atomic mass is 9.93. The van der Waals surface area contributed by atoms with E-state index in [1.807, 2.05) is 11.1 Å². The van der Waals surface area contributed by atoms with Gasteiger partial charge in [0.25, 0.3) is 0 Å². The Hall–Kier alpha value is -1.45. The van der Waals surface area contributed by atoms with Gasteiger partial charge >= 0.3 is 0 Å². The van der Waals surface area contributed by atoms with Crippen molar-refractivity contribution in [2.75, 3.05) is 13.1 Å². The molecule has 1 atom stereocenters. The molecule has 4 heteroatoms. The molecule has 0 N–H and O–H groups in total. The van der Waals surface area contributed by atoms with Crippen LogP contribution >= 0.6 is 0 Å². The van der Waals surface area contributed by atoms with Crippen molar-refractivity contribution in [3.8, 4) is 0 Å². The molecule has 1 saturated heterocycles. The Morgan fingerprint density at radius 2 is 2.44 bits per heavy atom. The molecule has 4 nitrogen and oxygen atoms in total. The van der Waals surface area contributed by atoms with Gasteiger partial charge in [-0.05, 0) is 25.2 Å². The summed E-state index contributed by atoms with van der Waals surface area (Å²) in [6.45, 7) is 3.42. The summed E-state index contributed by atoms with van der Waals surface area (Å²) in [5.41, 5.74) is 1.03. The highest BCUT2D eigenvalue weighted by Gasteiger charge is 2.21. The highest BCUT2D eigenvalue weighted by atomic mass is 16.2. The van der Waals surface area contributed by atoms with E-state index in [0.29, 0.717) is 5.92 Å². The summed E-state index contributed by atoms with van der Waals surface area (Å²) in [5, 5.41) is 0. The SMILES string of the molecule is CC(=O)N1CCC[C@@H](Cc2cnccn2)C1. The number of nitrogens with zero attached hydrogens (tertiary/aromatic N) is 3. The Morgan fingerprint density at radius 3 is 3.12 bits per heavy atom. The van der Waals surface area contributed by atoms with E-state index >= 15 is 0 Å². The Kier molecular flexibility index (Phi) is 3.49. The fourth-order valence-corrected chi connectivity index (χ4v) is 2.25. The van der Waals surface area contributed by atoms with Crippen LogP contribution in [0.2, 0.25) is 0 Å². The fourth-order valence-electron chi connectivity index (χ4n) is 2.25. The third-order valence-corrected chi connectivity index (χ3v) is 3.08. The summed E-state index contributed by atoms with van der Waals surface area (Å²) < 4.78 is 0. The average molecular weight is 219 g/mol. The molecule has 0 saturated carbocycles. The molecule has 1 fully saturated rings. The van der Waals surface area contributed by atoms with Gasteiger partial charge in [-0.15, -0.1) is 0 Å². The zero-order valence-electron chi connectivity index (χ0n) is 9.59. The minimum absolute atomic E-state index is 0.184. The lowest BCUT2D eigenvalue weighted by Crippen LogP contribution is -2.39. The van der Waals surface area contributed by atoms with E-state index < -0.39 is 0 Å². The third kappa shape index (κ3) is 2.78. The van der Waals surface area contributed by atoms with Crippen molar-refractivity contribution in [1.29, 1.82) is 0 Å². The van der Waals surface area contributed by atoms with Crippen LogP contribution < -0.4 is 0 Å². The van der Waals surface area contributed by atoms with Crippen molar-refractivity contribution in [2.45, 2.75) is 26.2 Å². The topological polar surface area (TPSA) is 46.1 Å². The Balaban J connectivity index is 1.93. The molecule has 0 aliphatic carbocycles. The molecule has 2 heterocycles. The predicted molar refractivity (Wildman–Crippen MR) is 60.7 cm³/mol. The molecular weight excluding hydrogens is 202 g/mol. The number of aromatic nitrogens is 2. The molecule has 1 amide bonds. The van der Waals surface area contributed by atoms with Crippen LogP contribution in [0.15, 0.2) is 18.6 Å². The first-order valence-corrected chi connectivity index (χ1v) is 5.76. The first-order valence-electron chi connectivity index (χ1n) is 5.76. The third-order valence-electron chi connectivity index (χ3n) is 3.08. The second-order valence-electron chi connectivity index (χ2n) is 4.37. The van der Waals surface area contributed by atoms with E-state index in [9.17, 15) is 4.79 Å². The van der Waals surface area contributed by atoms with Crippen molar-refractivity contribution < 1.29 is 4.79 Å². The first-order chi connectivity index (χ1) is 7.75. The minimum atomic E-state index is 0.184. The van der Waals surface area contributed by atoms with E-state index in [0.717, 1.165) is 31.6 Å². The van der Waals surface area contributed by atoms with Crippen LogP contribution in [-0.2, 0) is 11.2 Å². The van der Waals surface area contributed by atoms with E-state index in [2.05, 4.69) is 9.97 Å². The lowest BCUT2D eigenvalue weighted by Gasteiger charge is -2.31. The van der Waals surface area contributed by atoms with Gasteiger partial charge in [0.1, 0.15) is 0 Å². The number of carbonyl (C=O) groups is 1. The standard InChI is InChI=1S/C12H17N3O/c1-10(16)15-6-2-3-11(9-15)7-12-8-13-4-5-14-12/h4-5,8,11H,2-3,6-7,9H2,1H3/t11-/m0/s1. The maximum Gasteiger partial charge on any atom is 0.219 e. The van der Waals surface area contributed by atoms with Gasteiger partial charge in [0.05, 0.1) is 5.69 Å². The predicted octanol–water partition coefficient (Wildman–Crippen LogP) is 1.28. The van der Waals surface area contributed by atoms with Gasteiger partial charge in [-0.2, -0.15) is 0 Å². The number of hydrogen-bond acceptors (Lipinski definition) is 3. The number of likely N-dealkylation sites (tertiary alicyclic amines) is 1. The maximum atomic E-state index is 11.3. The normalized spacial score (nSPS) is 20.8. The van der Waals surface area contributed by atoms with Crippen molar-refractivity contribution >= 4 is 5.91 Å². The molecule has 0 unspecified atom stereocenters. The molecule has 1 aromatic heterocycles. The van der Waals surface area contributed by atoms with Crippen LogP contribution in [0.5, 0.6) is 0 Å². The van der Waals surface area contributed by atoms with Crippen LogP contribution in [0.3, 0.4) is 0 Å². The zero-order valence-corrected chi connectivity index (χ0v) is 9.59. The van der Waals surface area contributed by atoms with Crippen LogP contribution in [0.1, 0.15) is 25.5 Å². The minimum Gasteiger partial charge on any atom is -0.343 e. The van der Waals surface area contributed by atoms with Crippen LogP contribution in [0.25, 0.3) is 0 Å². The van der Waals surface area contributed by atoms with Crippen molar-refractivity contribution in [3.63, 3.8) is 0 Å². The molecule has 16 heavy (non-hydrogen) atoms. The molecule has 0 radical (unpaired) electrons. The summed E-state index contributed by atoms with van der Waals surface area (Å²) in [4.78, 5) is 21.6. The van der Waals surface area contributed by atoms with Crippen LogP contribution in [-0.4, -0.2) is 33.9 Å². The molecule has 1 aliphatic rings. The number of rotatable bonds is 2.